The van der Waals surface area contributed by atoms with Crippen LogP contribution >= 0.6 is 11.3 Å². The van der Waals surface area contributed by atoms with Crippen molar-refractivity contribution in [2.75, 3.05) is 19.6 Å². The lowest BCUT2D eigenvalue weighted by molar-refractivity contribution is -0.0165. The summed E-state index contributed by atoms with van der Waals surface area (Å²) in [5, 5.41) is 5.81. The Labute approximate surface area is 172 Å². The molecule has 1 N–H and O–H groups in total. The maximum Gasteiger partial charge on any atom is 0.317 e. The molecule has 1 aromatic heterocycles. The number of carbonyl (C=O) groups is 1. The van der Waals surface area contributed by atoms with Crippen LogP contribution in [0.15, 0.2) is 11.4 Å². The Morgan fingerprint density at radius 2 is 1.71 bits per heavy atom. The fourth-order valence-electron chi connectivity index (χ4n) is 7.59. The normalized spacial score (nSPS) is 37.9. The van der Waals surface area contributed by atoms with Gasteiger partial charge in [0.2, 0.25) is 0 Å². The lowest BCUT2D eigenvalue weighted by atomic mass is 9.53. The van der Waals surface area contributed by atoms with Crippen LogP contribution in [0.25, 0.3) is 0 Å². The molecule has 0 spiro atoms. The van der Waals surface area contributed by atoms with Crippen LogP contribution in [-0.4, -0.2) is 47.0 Å². The molecule has 1 aromatic rings. The summed E-state index contributed by atoms with van der Waals surface area (Å²) in [6.07, 6.45) is 11.5. The average Bonchev–Trinajstić information content (AvgIpc) is 3.14. The standard InChI is InChI=1S/C23H33N3OS/c27-22(24-23-12-16-9-17(13-23)11-18(10-16)14-23)25-5-1-20(2-6-25)26-7-3-21-19(15-26)4-8-28-21/h4,8,16-18,20H,1-3,5-7,9-15H2,(H,24,27). The minimum Gasteiger partial charge on any atom is -0.333 e. The Kier molecular flexibility index (Phi) is 4.27. The van der Waals surface area contributed by atoms with Crippen molar-refractivity contribution in [2.45, 2.75) is 75.9 Å². The molecule has 0 unspecified atom stereocenters. The Morgan fingerprint density at radius 3 is 2.39 bits per heavy atom. The molecule has 4 bridgehead atoms. The fraction of sp³-hybridized carbons (Fsp3) is 0.783. The van der Waals surface area contributed by atoms with Crippen molar-refractivity contribution in [3.8, 4) is 0 Å². The van der Waals surface area contributed by atoms with Gasteiger partial charge < -0.3 is 10.2 Å². The number of piperidine rings is 1. The van der Waals surface area contributed by atoms with E-state index in [1.54, 1.807) is 10.4 Å². The van der Waals surface area contributed by atoms with Gasteiger partial charge in [-0.05, 0) is 92.6 Å². The second-order valence-electron chi connectivity index (χ2n) is 10.4. The lowest BCUT2D eigenvalue weighted by Gasteiger charge is -2.57. The van der Waals surface area contributed by atoms with E-state index in [2.05, 4.69) is 26.6 Å². The van der Waals surface area contributed by atoms with Crippen molar-refractivity contribution in [2.24, 2.45) is 17.8 Å². The highest BCUT2D eigenvalue weighted by molar-refractivity contribution is 7.10. The first-order valence-corrected chi connectivity index (χ1v) is 12.4. The van der Waals surface area contributed by atoms with E-state index in [1.807, 2.05) is 11.3 Å². The summed E-state index contributed by atoms with van der Waals surface area (Å²) < 4.78 is 0. The molecule has 5 fully saturated rings. The number of amides is 2. The van der Waals surface area contributed by atoms with Crippen LogP contribution < -0.4 is 5.32 Å². The first kappa shape index (κ1) is 17.8. The highest BCUT2D eigenvalue weighted by Crippen LogP contribution is 2.55. The number of fused-ring (bicyclic) bond motifs is 1. The first-order chi connectivity index (χ1) is 13.7. The Balaban J connectivity index is 1.05. The minimum absolute atomic E-state index is 0.144. The molecular formula is C23H33N3OS. The van der Waals surface area contributed by atoms with Gasteiger partial charge in [0.05, 0.1) is 0 Å². The molecule has 0 radical (unpaired) electrons. The summed E-state index contributed by atoms with van der Waals surface area (Å²) in [7, 11) is 0. The smallest absolute Gasteiger partial charge is 0.317 e. The van der Waals surface area contributed by atoms with Gasteiger partial charge in [0, 0.05) is 42.6 Å². The van der Waals surface area contributed by atoms with Crippen molar-refractivity contribution in [3.63, 3.8) is 0 Å². The molecule has 6 aliphatic rings. The number of carbonyl (C=O) groups excluding carboxylic acids is 1. The van der Waals surface area contributed by atoms with Crippen LogP contribution in [0.4, 0.5) is 4.79 Å². The fourth-order valence-corrected chi connectivity index (χ4v) is 8.48. The van der Waals surface area contributed by atoms with Crippen molar-refractivity contribution in [1.29, 1.82) is 0 Å². The van der Waals surface area contributed by atoms with E-state index in [0.717, 1.165) is 50.2 Å². The van der Waals surface area contributed by atoms with Crippen molar-refractivity contribution >= 4 is 17.4 Å². The summed E-state index contributed by atoms with van der Waals surface area (Å²) >= 11 is 1.92. The molecule has 3 heterocycles. The number of nitrogens with zero attached hydrogens (tertiary/aromatic N) is 2. The maximum atomic E-state index is 13.1. The van der Waals surface area contributed by atoms with Crippen molar-refractivity contribution in [3.05, 3.63) is 21.9 Å². The number of hydrogen-bond donors (Lipinski definition) is 1. The van der Waals surface area contributed by atoms with Crippen LogP contribution in [0, 0.1) is 17.8 Å². The Bertz CT molecular complexity index is 715. The molecule has 4 aliphatic carbocycles. The zero-order chi connectivity index (χ0) is 18.7. The quantitative estimate of drug-likeness (QED) is 0.807. The molecule has 5 heteroatoms. The van der Waals surface area contributed by atoms with Crippen LogP contribution in [0.3, 0.4) is 0 Å². The number of urea groups is 1. The van der Waals surface area contributed by atoms with Crippen LogP contribution in [0.1, 0.15) is 61.8 Å². The summed E-state index contributed by atoms with van der Waals surface area (Å²) in [5.74, 6) is 2.66. The molecule has 2 amide bonds. The third-order valence-electron chi connectivity index (χ3n) is 8.52. The SMILES string of the molecule is O=C(NC12CC3CC(CC(C3)C1)C2)N1CCC(N2CCc3sccc3C2)CC1. The van der Waals surface area contributed by atoms with E-state index >= 15 is 0 Å². The van der Waals surface area contributed by atoms with Gasteiger partial charge >= 0.3 is 6.03 Å². The third-order valence-corrected chi connectivity index (χ3v) is 9.54. The number of hydrogen-bond acceptors (Lipinski definition) is 3. The topological polar surface area (TPSA) is 35.6 Å². The Morgan fingerprint density at radius 1 is 1.04 bits per heavy atom. The van der Waals surface area contributed by atoms with Gasteiger partial charge in [-0.1, -0.05) is 0 Å². The van der Waals surface area contributed by atoms with E-state index in [9.17, 15) is 4.79 Å². The number of thiophene rings is 1. The molecular weight excluding hydrogens is 366 g/mol. The predicted molar refractivity (Wildman–Crippen MR) is 112 cm³/mol. The summed E-state index contributed by atoms with van der Waals surface area (Å²) in [6.45, 7) is 4.16. The largest absolute Gasteiger partial charge is 0.333 e. The molecule has 1 saturated heterocycles. The average molecular weight is 400 g/mol. The maximum absolute atomic E-state index is 13.1. The van der Waals surface area contributed by atoms with Crippen molar-refractivity contribution in [1.82, 2.24) is 15.1 Å². The van der Waals surface area contributed by atoms with Crippen molar-refractivity contribution < 1.29 is 4.79 Å². The van der Waals surface area contributed by atoms with Crippen LogP contribution in [-0.2, 0) is 13.0 Å². The zero-order valence-corrected chi connectivity index (χ0v) is 17.7. The van der Waals surface area contributed by atoms with Crippen LogP contribution in [0.5, 0.6) is 0 Å². The van der Waals surface area contributed by atoms with Gasteiger partial charge in [0.25, 0.3) is 0 Å². The van der Waals surface area contributed by atoms with E-state index in [0.29, 0.717) is 6.04 Å². The van der Waals surface area contributed by atoms with Gasteiger partial charge in [-0.3, -0.25) is 4.90 Å². The van der Waals surface area contributed by atoms with Gasteiger partial charge in [-0.15, -0.1) is 11.3 Å². The predicted octanol–water partition coefficient (Wildman–Crippen LogP) is 4.25. The molecule has 28 heavy (non-hydrogen) atoms. The van der Waals surface area contributed by atoms with Gasteiger partial charge in [0.1, 0.15) is 0 Å². The lowest BCUT2D eigenvalue weighted by Crippen LogP contribution is -2.62. The zero-order valence-electron chi connectivity index (χ0n) is 16.9. The number of likely N-dealkylation sites (tertiary alicyclic amines) is 1. The van der Waals surface area contributed by atoms with Crippen LogP contribution in [0.2, 0.25) is 0 Å². The van der Waals surface area contributed by atoms with Gasteiger partial charge in [-0.25, -0.2) is 4.79 Å². The first-order valence-electron chi connectivity index (χ1n) is 11.5. The summed E-state index contributed by atoms with van der Waals surface area (Å²) in [5.41, 5.74) is 1.68. The highest BCUT2D eigenvalue weighted by Gasteiger charge is 2.51. The molecule has 152 valence electrons. The highest BCUT2D eigenvalue weighted by atomic mass is 32.1. The van der Waals surface area contributed by atoms with E-state index in [1.165, 1.54) is 51.5 Å². The second-order valence-corrected chi connectivity index (χ2v) is 11.4. The molecule has 0 atom stereocenters. The number of nitrogens with one attached hydrogen (secondary N) is 1. The molecule has 0 aromatic carbocycles. The minimum atomic E-state index is 0.144. The monoisotopic (exact) mass is 399 g/mol. The number of rotatable bonds is 2. The molecule has 4 saturated carbocycles. The Hall–Kier alpha value is -1.07. The van der Waals surface area contributed by atoms with E-state index in [4.69, 9.17) is 0 Å². The molecule has 4 nitrogen and oxygen atoms in total. The van der Waals surface area contributed by atoms with E-state index < -0.39 is 0 Å². The molecule has 7 rings (SSSR count). The van der Waals surface area contributed by atoms with Gasteiger partial charge in [0.15, 0.2) is 0 Å². The second kappa shape index (κ2) is 6.73. The molecule has 2 aliphatic heterocycles. The van der Waals surface area contributed by atoms with E-state index in [-0.39, 0.29) is 11.6 Å². The van der Waals surface area contributed by atoms with Gasteiger partial charge in [-0.2, -0.15) is 0 Å². The summed E-state index contributed by atoms with van der Waals surface area (Å²) in [6, 6.07) is 3.19. The summed E-state index contributed by atoms with van der Waals surface area (Å²) in [4.78, 5) is 19.5. The third kappa shape index (κ3) is 3.09.